The molecule has 1 aliphatic heterocycles. The zero-order valence-corrected chi connectivity index (χ0v) is 12.8. The second kappa shape index (κ2) is 7.10. The summed E-state index contributed by atoms with van der Waals surface area (Å²) < 4.78 is 5.76. The number of hydrogen-bond acceptors (Lipinski definition) is 6. The minimum Gasteiger partial charge on any atom is -0.383 e. The van der Waals surface area contributed by atoms with Crippen LogP contribution in [0, 0.1) is 5.92 Å². The van der Waals surface area contributed by atoms with Crippen molar-refractivity contribution in [3.05, 3.63) is 16.4 Å². The maximum atomic E-state index is 11.3. The molecule has 0 bridgehead atoms. The monoisotopic (exact) mass is 298 g/mol. The van der Waals surface area contributed by atoms with Gasteiger partial charge in [0.25, 0.3) is 5.56 Å². The zero-order valence-electron chi connectivity index (χ0n) is 12.0. The highest BCUT2D eigenvalue weighted by Gasteiger charge is 2.21. The highest BCUT2D eigenvalue weighted by Crippen LogP contribution is 2.17. The van der Waals surface area contributed by atoms with Gasteiger partial charge in [-0.1, -0.05) is 25.6 Å². The first kappa shape index (κ1) is 15.3. The van der Waals surface area contributed by atoms with E-state index >= 15 is 0 Å². The molecule has 0 aromatic carbocycles. The lowest BCUT2D eigenvalue weighted by Crippen LogP contribution is -2.44. The summed E-state index contributed by atoms with van der Waals surface area (Å²) in [4.78, 5) is 20.5. The summed E-state index contributed by atoms with van der Waals surface area (Å²) in [6.07, 6.45) is 0.166. The molecule has 1 unspecified atom stereocenters. The predicted molar refractivity (Wildman–Crippen MR) is 81.0 cm³/mol. The van der Waals surface area contributed by atoms with E-state index < -0.39 is 0 Å². The van der Waals surface area contributed by atoms with Crippen LogP contribution in [0.1, 0.15) is 13.8 Å². The van der Waals surface area contributed by atoms with Crippen molar-refractivity contribution in [3.63, 3.8) is 0 Å². The molecule has 1 aromatic rings. The number of H-pyrrole nitrogens is 1. The molecule has 0 spiro atoms. The Morgan fingerprint density at radius 3 is 3.15 bits per heavy atom. The minimum atomic E-state index is -0.217. The average Bonchev–Trinajstić information content (AvgIpc) is 2.35. The van der Waals surface area contributed by atoms with Gasteiger partial charge >= 0.3 is 0 Å². The number of thioether (sulfide) groups is 1. The van der Waals surface area contributed by atoms with Crippen LogP contribution in [0.3, 0.4) is 0 Å². The number of anilines is 1. The number of aromatic nitrogens is 2. The number of hydrogen-bond donors (Lipinski definition) is 2. The van der Waals surface area contributed by atoms with Crippen LogP contribution in [0.4, 0.5) is 5.82 Å². The Hall–Kier alpha value is -1.05. The van der Waals surface area contributed by atoms with Crippen molar-refractivity contribution >= 4 is 17.6 Å². The first-order chi connectivity index (χ1) is 9.52. The van der Waals surface area contributed by atoms with Crippen LogP contribution in [0.15, 0.2) is 16.0 Å². The maximum absolute atomic E-state index is 11.3. The van der Waals surface area contributed by atoms with Crippen molar-refractivity contribution < 1.29 is 4.74 Å². The molecule has 1 saturated heterocycles. The molecule has 112 valence electrons. The molecule has 2 rings (SSSR count). The Kier molecular flexibility index (Phi) is 5.45. The molecule has 0 radical (unpaired) electrons. The second-order valence-corrected chi connectivity index (χ2v) is 6.44. The molecule has 1 aliphatic rings. The summed E-state index contributed by atoms with van der Waals surface area (Å²) in [6.45, 7) is 8.22. The molecule has 2 heterocycles. The molecule has 20 heavy (non-hydrogen) atoms. The molecule has 0 amide bonds. The third-order valence-corrected chi connectivity index (χ3v) is 4.00. The summed E-state index contributed by atoms with van der Waals surface area (Å²) >= 11 is 1.48. The molecule has 1 fully saturated rings. The number of nitrogens with two attached hydrogens (primary N) is 1. The fraction of sp³-hybridized carbons (Fsp3) is 0.692. The Labute approximate surface area is 123 Å². The van der Waals surface area contributed by atoms with Crippen LogP contribution in [0.25, 0.3) is 0 Å². The van der Waals surface area contributed by atoms with E-state index in [-0.39, 0.29) is 17.5 Å². The molecular weight excluding hydrogens is 276 g/mol. The zero-order chi connectivity index (χ0) is 14.5. The normalized spacial score (nSPS) is 20.4. The second-order valence-electron chi connectivity index (χ2n) is 5.43. The first-order valence-corrected chi connectivity index (χ1v) is 7.85. The van der Waals surface area contributed by atoms with Crippen LogP contribution in [-0.4, -0.2) is 53.0 Å². The predicted octanol–water partition coefficient (Wildman–Crippen LogP) is 0.801. The van der Waals surface area contributed by atoms with Gasteiger partial charge in [-0.15, -0.1) is 0 Å². The summed E-state index contributed by atoms with van der Waals surface area (Å²) in [7, 11) is 0. The molecule has 0 saturated carbocycles. The maximum Gasteiger partial charge on any atom is 0.253 e. The lowest BCUT2D eigenvalue weighted by Gasteiger charge is -2.33. The lowest BCUT2D eigenvalue weighted by atomic mass is 10.2. The summed E-state index contributed by atoms with van der Waals surface area (Å²) in [5.41, 5.74) is 5.34. The number of aromatic amines is 1. The Balaban J connectivity index is 1.85. The Morgan fingerprint density at radius 2 is 2.45 bits per heavy atom. The van der Waals surface area contributed by atoms with E-state index in [0.717, 1.165) is 32.0 Å². The number of nitrogen functional groups attached to an aromatic ring is 1. The van der Waals surface area contributed by atoms with Crippen LogP contribution >= 0.6 is 11.8 Å². The van der Waals surface area contributed by atoms with Crippen LogP contribution in [0.5, 0.6) is 0 Å². The highest BCUT2D eigenvalue weighted by molar-refractivity contribution is 7.99. The molecule has 0 aliphatic carbocycles. The number of ether oxygens (including phenoxy) is 1. The fourth-order valence-electron chi connectivity index (χ4n) is 2.26. The van der Waals surface area contributed by atoms with E-state index in [9.17, 15) is 4.79 Å². The smallest absolute Gasteiger partial charge is 0.253 e. The van der Waals surface area contributed by atoms with Crippen molar-refractivity contribution in [2.24, 2.45) is 5.92 Å². The average molecular weight is 298 g/mol. The topological polar surface area (TPSA) is 84.2 Å². The van der Waals surface area contributed by atoms with Crippen molar-refractivity contribution in [1.82, 2.24) is 14.9 Å². The summed E-state index contributed by atoms with van der Waals surface area (Å²) in [5.74, 6) is 1.68. The van der Waals surface area contributed by atoms with Crippen molar-refractivity contribution in [2.45, 2.75) is 25.1 Å². The number of nitrogens with zero attached hydrogens (tertiary/aromatic N) is 2. The molecule has 6 nitrogen and oxygen atoms in total. The molecule has 3 N–H and O–H groups in total. The third-order valence-electron chi connectivity index (χ3n) is 2.99. The van der Waals surface area contributed by atoms with E-state index in [2.05, 4.69) is 28.7 Å². The van der Waals surface area contributed by atoms with E-state index in [1.165, 1.54) is 17.8 Å². The first-order valence-electron chi connectivity index (χ1n) is 6.86. The molecule has 1 aromatic heterocycles. The van der Waals surface area contributed by atoms with Gasteiger partial charge < -0.3 is 15.5 Å². The van der Waals surface area contributed by atoms with Gasteiger partial charge in [-0.2, -0.15) is 0 Å². The van der Waals surface area contributed by atoms with Gasteiger partial charge in [-0.3, -0.25) is 9.69 Å². The van der Waals surface area contributed by atoms with Gasteiger partial charge in [0.1, 0.15) is 5.82 Å². The Bertz CT molecular complexity index is 492. The third kappa shape index (κ3) is 4.81. The van der Waals surface area contributed by atoms with Gasteiger partial charge in [-0.25, -0.2) is 4.98 Å². The molecule has 7 heteroatoms. The van der Waals surface area contributed by atoms with Crippen LogP contribution in [0.2, 0.25) is 0 Å². The standard InChI is InChI=1S/C13H22N4O2S/c1-9(2)6-17-3-4-19-10(7-17)8-20-13-15-11(14)5-12(18)16-13/h5,9-10H,3-4,6-8H2,1-2H3,(H3,14,15,16,18). The van der Waals surface area contributed by atoms with Gasteiger partial charge in [0.15, 0.2) is 5.16 Å². The SMILES string of the molecule is CC(C)CN1CCOC(CSc2nc(N)cc(=O)[nH]2)C1. The largest absolute Gasteiger partial charge is 0.383 e. The molecular formula is C13H22N4O2S. The summed E-state index contributed by atoms with van der Waals surface area (Å²) in [5, 5.41) is 0.555. The quantitative estimate of drug-likeness (QED) is 0.618. The van der Waals surface area contributed by atoms with Crippen molar-refractivity contribution in [3.8, 4) is 0 Å². The van der Waals surface area contributed by atoms with Gasteiger partial charge in [-0.05, 0) is 5.92 Å². The minimum absolute atomic E-state index is 0.166. The lowest BCUT2D eigenvalue weighted by molar-refractivity contribution is -0.0191. The van der Waals surface area contributed by atoms with Crippen LogP contribution < -0.4 is 11.3 Å². The van der Waals surface area contributed by atoms with Gasteiger partial charge in [0, 0.05) is 31.5 Å². The van der Waals surface area contributed by atoms with Crippen molar-refractivity contribution in [1.29, 1.82) is 0 Å². The molecule has 1 atom stereocenters. The van der Waals surface area contributed by atoms with E-state index in [1.54, 1.807) is 0 Å². The fourth-order valence-corrected chi connectivity index (χ4v) is 3.15. The van der Waals surface area contributed by atoms with E-state index in [1.807, 2.05) is 0 Å². The van der Waals surface area contributed by atoms with E-state index in [0.29, 0.717) is 11.1 Å². The highest BCUT2D eigenvalue weighted by atomic mass is 32.2. The number of morpholine rings is 1. The number of nitrogens with one attached hydrogen (secondary N) is 1. The summed E-state index contributed by atoms with van der Waals surface area (Å²) in [6, 6.07) is 1.28. The van der Waals surface area contributed by atoms with E-state index in [4.69, 9.17) is 10.5 Å². The van der Waals surface area contributed by atoms with Gasteiger partial charge in [0.05, 0.1) is 12.7 Å². The number of rotatable bonds is 5. The Morgan fingerprint density at radius 1 is 1.65 bits per heavy atom. The van der Waals surface area contributed by atoms with Crippen molar-refractivity contribution in [2.75, 3.05) is 37.7 Å². The van der Waals surface area contributed by atoms with Gasteiger partial charge in [0.2, 0.25) is 0 Å². The van der Waals surface area contributed by atoms with Crippen LogP contribution in [-0.2, 0) is 4.74 Å².